The van der Waals surface area contributed by atoms with Crippen LogP contribution >= 0.6 is 15.9 Å². The highest BCUT2D eigenvalue weighted by atomic mass is 79.9. The molecular formula is C15H17BrFNO2. The Labute approximate surface area is 125 Å². The molecule has 1 amide bonds. The van der Waals surface area contributed by atoms with Crippen molar-refractivity contribution in [3.8, 4) is 0 Å². The van der Waals surface area contributed by atoms with E-state index in [0.29, 0.717) is 28.1 Å². The van der Waals surface area contributed by atoms with Crippen LogP contribution in [0.4, 0.5) is 4.39 Å². The smallest absolute Gasteiger partial charge is 0.256 e. The molecule has 1 aliphatic heterocycles. The van der Waals surface area contributed by atoms with Gasteiger partial charge in [-0.2, -0.15) is 0 Å². The largest absolute Gasteiger partial charge is 0.388 e. The summed E-state index contributed by atoms with van der Waals surface area (Å²) in [4.78, 5) is 14.3. The van der Waals surface area contributed by atoms with E-state index in [0.717, 1.165) is 12.8 Å². The van der Waals surface area contributed by atoms with E-state index in [9.17, 15) is 14.3 Å². The molecule has 0 unspecified atom stereocenters. The number of aliphatic hydroxyl groups is 1. The van der Waals surface area contributed by atoms with Crippen molar-refractivity contribution in [2.75, 3.05) is 0 Å². The summed E-state index contributed by atoms with van der Waals surface area (Å²) in [5.41, 5.74) is 0.266. The number of rotatable bonds is 3. The van der Waals surface area contributed by atoms with Crippen LogP contribution in [0, 0.1) is 11.7 Å². The van der Waals surface area contributed by atoms with Crippen molar-refractivity contribution in [3.05, 3.63) is 33.5 Å². The summed E-state index contributed by atoms with van der Waals surface area (Å²) in [5.74, 6) is -0.126. The zero-order valence-corrected chi connectivity index (χ0v) is 13.1. The van der Waals surface area contributed by atoms with E-state index in [-0.39, 0.29) is 17.8 Å². The Morgan fingerprint density at radius 3 is 2.65 bits per heavy atom. The van der Waals surface area contributed by atoms with E-state index in [4.69, 9.17) is 0 Å². The molecule has 108 valence electrons. The van der Waals surface area contributed by atoms with Gasteiger partial charge in [0, 0.05) is 11.0 Å². The van der Waals surface area contributed by atoms with Crippen LogP contribution in [0.3, 0.4) is 0 Å². The van der Waals surface area contributed by atoms with Gasteiger partial charge < -0.3 is 10.0 Å². The van der Waals surface area contributed by atoms with E-state index in [2.05, 4.69) is 15.9 Å². The Morgan fingerprint density at radius 1 is 1.45 bits per heavy atom. The minimum atomic E-state index is -0.954. The molecule has 0 radical (unpaired) electrons. The molecule has 1 aromatic carbocycles. The molecule has 0 aromatic heterocycles. The molecule has 1 saturated carbocycles. The van der Waals surface area contributed by atoms with Gasteiger partial charge in [-0.3, -0.25) is 4.79 Å². The number of benzene rings is 1. The first kappa shape index (κ1) is 14.0. The monoisotopic (exact) mass is 341 g/mol. The van der Waals surface area contributed by atoms with E-state index >= 15 is 0 Å². The fraction of sp³-hybridized carbons (Fsp3) is 0.533. The Bertz CT molecular complexity index is 578. The highest BCUT2D eigenvalue weighted by Gasteiger charge is 2.48. The molecule has 2 aliphatic rings. The van der Waals surface area contributed by atoms with Gasteiger partial charge in [-0.15, -0.1) is 0 Å². The first-order valence-electron chi connectivity index (χ1n) is 6.80. The molecule has 20 heavy (non-hydrogen) atoms. The summed E-state index contributed by atoms with van der Waals surface area (Å²) >= 11 is 3.27. The second kappa shape index (κ2) is 4.53. The van der Waals surface area contributed by atoms with Crippen LogP contribution in [0.5, 0.6) is 0 Å². The summed E-state index contributed by atoms with van der Waals surface area (Å²) in [5, 5.41) is 10.4. The number of amides is 1. The minimum absolute atomic E-state index is 0.120. The first-order valence-corrected chi connectivity index (χ1v) is 7.59. The summed E-state index contributed by atoms with van der Waals surface area (Å²) in [6, 6.07) is 2.51. The van der Waals surface area contributed by atoms with Crippen LogP contribution in [-0.4, -0.2) is 27.6 Å². The van der Waals surface area contributed by atoms with Gasteiger partial charge >= 0.3 is 0 Å². The zero-order valence-electron chi connectivity index (χ0n) is 11.5. The van der Waals surface area contributed by atoms with Gasteiger partial charge in [0.1, 0.15) is 5.82 Å². The van der Waals surface area contributed by atoms with E-state index in [1.54, 1.807) is 18.7 Å². The Balaban J connectivity index is 1.99. The standard InChI is InChI=1S/C15H17BrFNO2/c1-15(2,20)13(8-3-4-8)18-7-9-5-10(17)6-11(16)12(9)14(18)19/h5-6,8,13,20H,3-4,7H2,1-2H3/t13-/m1/s1. The molecule has 1 N–H and O–H groups in total. The van der Waals surface area contributed by atoms with Crippen molar-refractivity contribution in [1.82, 2.24) is 4.90 Å². The van der Waals surface area contributed by atoms with Crippen molar-refractivity contribution in [2.24, 2.45) is 5.92 Å². The van der Waals surface area contributed by atoms with E-state index < -0.39 is 5.60 Å². The molecule has 1 aromatic rings. The Kier molecular flexibility index (Phi) is 3.18. The lowest BCUT2D eigenvalue weighted by molar-refractivity contribution is -0.0224. The van der Waals surface area contributed by atoms with Gasteiger partial charge in [0.15, 0.2) is 0 Å². The van der Waals surface area contributed by atoms with Crippen LogP contribution < -0.4 is 0 Å². The SMILES string of the molecule is CC(C)(O)[C@@H](C1CC1)N1Cc2cc(F)cc(Br)c2C1=O. The van der Waals surface area contributed by atoms with Gasteiger partial charge in [-0.1, -0.05) is 0 Å². The first-order chi connectivity index (χ1) is 9.29. The number of carbonyl (C=O) groups excluding carboxylic acids is 1. The average molecular weight is 342 g/mol. The quantitative estimate of drug-likeness (QED) is 0.917. The predicted octanol–water partition coefficient (Wildman–Crippen LogP) is 3.09. The van der Waals surface area contributed by atoms with Crippen LogP contribution in [0.15, 0.2) is 16.6 Å². The lowest BCUT2D eigenvalue weighted by Gasteiger charge is -2.37. The van der Waals surface area contributed by atoms with Crippen LogP contribution in [0.25, 0.3) is 0 Å². The summed E-state index contributed by atoms with van der Waals surface area (Å²) in [6.45, 7) is 3.85. The number of hydrogen-bond donors (Lipinski definition) is 1. The summed E-state index contributed by atoms with van der Waals surface area (Å²) in [6.07, 6.45) is 2.06. The normalized spacial score (nSPS) is 20.2. The Hall–Kier alpha value is -0.940. The third kappa shape index (κ3) is 2.27. The zero-order chi connectivity index (χ0) is 14.7. The minimum Gasteiger partial charge on any atom is -0.388 e. The second-order valence-electron chi connectivity index (χ2n) is 6.29. The molecule has 0 bridgehead atoms. The molecule has 0 saturated heterocycles. The maximum Gasteiger partial charge on any atom is 0.256 e. The topological polar surface area (TPSA) is 40.5 Å². The lowest BCUT2D eigenvalue weighted by Crippen LogP contribution is -2.51. The van der Waals surface area contributed by atoms with Gasteiger partial charge in [-0.05, 0) is 66.2 Å². The highest BCUT2D eigenvalue weighted by Crippen LogP contribution is 2.43. The summed E-state index contributed by atoms with van der Waals surface area (Å²) in [7, 11) is 0. The number of hydrogen-bond acceptors (Lipinski definition) is 2. The molecule has 1 aliphatic carbocycles. The third-order valence-electron chi connectivity index (χ3n) is 4.08. The van der Waals surface area contributed by atoms with Crippen LogP contribution in [0.1, 0.15) is 42.6 Å². The fourth-order valence-corrected chi connectivity index (χ4v) is 3.88. The lowest BCUT2D eigenvalue weighted by atomic mass is 9.93. The van der Waals surface area contributed by atoms with Gasteiger partial charge in [0.05, 0.1) is 17.2 Å². The molecule has 1 fully saturated rings. The third-order valence-corrected chi connectivity index (χ3v) is 4.71. The second-order valence-corrected chi connectivity index (χ2v) is 7.15. The number of carbonyl (C=O) groups is 1. The van der Waals surface area contributed by atoms with Crippen molar-refractivity contribution in [1.29, 1.82) is 0 Å². The number of nitrogens with zero attached hydrogens (tertiary/aromatic N) is 1. The van der Waals surface area contributed by atoms with Crippen molar-refractivity contribution in [3.63, 3.8) is 0 Å². The van der Waals surface area contributed by atoms with Crippen molar-refractivity contribution >= 4 is 21.8 Å². The predicted molar refractivity (Wildman–Crippen MR) is 76.8 cm³/mol. The highest BCUT2D eigenvalue weighted by molar-refractivity contribution is 9.10. The molecule has 3 nitrogen and oxygen atoms in total. The van der Waals surface area contributed by atoms with Crippen LogP contribution in [-0.2, 0) is 6.54 Å². The van der Waals surface area contributed by atoms with Gasteiger partial charge in [0.25, 0.3) is 5.91 Å². The molecule has 1 heterocycles. The maximum absolute atomic E-state index is 13.5. The molecule has 5 heteroatoms. The molecule has 1 atom stereocenters. The molecule has 0 spiro atoms. The van der Waals surface area contributed by atoms with Gasteiger partial charge in [-0.25, -0.2) is 4.39 Å². The Morgan fingerprint density at radius 2 is 2.10 bits per heavy atom. The number of fused-ring (bicyclic) bond motifs is 1. The molecule has 3 rings (SSSR count). The van der Waals surface area contributed by atoms with Crippen LogP contribution in [0.2, 0.25) is 0 Å². The summed E-state index contributed by atoms with van der Waals surface area (Å²) < 4.78 is 14.0. The number of halogens is 2. The van der Waals surface area contributed by atoms with E-state index in [1.165, 1.54) is 12.1 Å². The average Bonchev–Trinajstić information content (AvgIpc) is 3.03. The van der Waals surface area contributed by atoms with Gasteiger partial charge in [0.2, 0.25) is 0 Å². The van der Waals surface area contributed by atoms with Crippen molar-refractivity contribution < 1.29 is 14.3 Å². The molecular weight excluding hydrogens is 325 g/mol. The van der Waals surface area contributed by atoms with Crippen molar-refractivity contribution in [2.45, 2.75) is 44.9 Å². The fourth-order valence-electron chi connectivity index (χ4n) is 3.24. The van der Waals surface area contributed by atoms with E-state index in [1.807, 2.05) is 0 Å². The maximum atomic E-state index is 13.5.